The lowest BCUT2D eigenvalue weighted by Crippen LogP contribution is -1.89. The maximum atomic E-state index is 5.91. The van der Waals surface area contributed by atoms with E-state index in [0.717, 1.165) is 16.8 Å². The lowest BCUT2D eigenvalue weighted by atomic mass is 10.1. The Balaban J connectivity index is 2.25. The molecule has 0 aromatic heterocycles. The van der Waals surface area contributed by atoms with Crippen molar-refractivity contribution in [1.29, 1.82) is 0 Å². The second-order valence-corrected chi connectivity index (χ2v) is 5.21. The molecule has 0 unspecified atom stereocenters. The van der Waals surface area contributed by atoms with Crippen molar-refractivity contribution in [2.45, 2.75) is 26.1 Å². The maximum Gasteiger partial charge on any atom is 0.127 e. The van der Waals surface area contributed by atoms with Crippen LogP contribution in [0.4, 0.5) is 0 Å². The van der Waals surface area contributed by atoms with E-state index in [9.17, 15) is 0 Å². The molecule has 0 aliphatic rings. The first kappa shape index (κ1) is 13.2. The number of hydrogen-bond donors (Lipinski definition) is 0. The lowest BCUT2D eigenvalue weighted by Gasteiger charge is -2.10. The number of rotatable bonds is 3. The van der Waals surface area contributed by atoms with Gasteiger partial charge in [-0.05, 0) is 67.3 Å². The highest BCUT2D eigenvalue weighted by Gasteiger charge is 2.02. The Morgan fingerprint density at radius 3 is 2.11 bits per heavy atom. The van der Waals surface area contributed by atoms with Gasteiger partial charge in [-0.25, -0.2) is 0 Å². The minimum absolute atomic E-state index is 0.878. The predicted molar refractivity (Wildman–Crippen MR) is 79.8 cm³/mol. The molecule has 0 amide bonds. The highest BCUT2D eigenvalue weighted by Crippen LogP contribution is 2.26. The van der Waals surface area contributed by atoms with Gasteiger partial charge < -0.3 is 4.74 Å². The first-order chi connectivity index (χ1) is 8.58. The van der Waals surface area contributed by atoms with Crippen molar-refractivity contribution in [3.8, 4) is 11.5 Å². The Labute approximate surface area is 117 Å². The molecule has 2 aromatic carbocycles. The molecule has 0 radical (unpaired) electrons. The van der Waals surface area contributed by atoms with E-state index in [1.165, 1.54) is 22.3 Å². The Hall–Kier alpha value is -1.28. The third-order valence-corrected chi connectivity index (χ3v) is 3.49. The lowest BCUT2D eigenvalue weighted by molar-refractivity contribution is 0.481. The molecule has 2 heteroatoms. The largest absolute Gasteiger partial charge is 0.457 e. The molecule has 94 valence electrons. The fourth-order valence-electron chi connectivity index (χ4n) is 2.01. The van der Waals surface area contributed by atoms with Gasteiger partial charge in [-0.15, -0.1) is 0 Å². The van der Waals surface area contributed by atoms with E-state index in [2.05, 4.69) is 67.0 Å². The van der Waals surface area contributed by atoms with Gasteiger partial charge in [0.1, 0.15) is 11.5 Å². The first-order valence-electron chi connectivity index (χ1n) is 6.00. The zero-order valence-corrected chi connectivity index (χ0v) is 12.5. The van der Waals surface area contributed by atoms with Gasteiger partial charge in [0.25, 0.3) is 0 Å². The maximum absolute atomic E-state index is 5.91. The fraction of sp³-hybridized carbons (Fsp3) is 0.250. The van der Waals surface area contributed by atoms with Crippen LogP contribution in [0.1, 0.15) is 22.3 Å². The van der Waals surface area contributed by atoms with Gasteiger partial charge in [0.05, 0.1) is 0 Å². The standard InChI is InChI=1S/C16H17BrO/c1-11-6-12(2)8-16(7-11)18-15-5-4-14(10-17)13(3)9-15/h4-9H,10H2,1-3H3. The summed E-state index contributed by atoms with van der Waals surface area (Å²) in [5, 5.41) is 0.878. The highest BCUT2D eigenvalue weighted by molar-refractivity contribution is 9.08. The average Bonchev–Trinajstić information content (AvgIpc) is 2.27. The van der Waals surface area contributed by atoms with Crippen LogP contribution in [0.2, 0.25) is 0 Å². The van der Waals surface area contributed by atoms with Gasteiger partial charge >= 0.3 is 0 Å². The molecule has 1 nitrogen and oxygen atoms in total. The zero-order chi connectivity index (χ0) is 13.1. The predicted octanol–water partition coefficient (Wildman–Crippen LogP) is 5.30. The van der Waals surface area contributed by atoms with Gasteiger partial charge in [0, 0.05) is 5.33 Å². The van der Waals surface area contributed by atoms with Crippen molar-refractivity contribution in [2.24, 2.45) is 0 Å². The minimum Gasteiger partial charge on any atom is -0.457 e. The molecule has 0 spiro atoms. The summed E-state index contributed by atoms with van der Waals surface area (Å²) >= 11 is 3.48. The molecule has 0 aliphatic heterocycles. The molecule has 2 rings (SSSR count). The summed E-state index contributed by atoms with van der Waals surface area (Å²) < 4.78 is 5.91. The van der Waals surface area contributed by atoms with E-state index in [4.69, 9.17) is 4.74 Å². The molecular weight excluding hydrogens is 288 g/mol. The van der Waals surface area contributed by atoms with Crippen molar-refractivity contribution < 1.29 is 4.74 Å². The SMILES string of the molecule is Cc1cc(C)cc(Oc2ccc(CBr)c(C)c2)c1. The van der Waals surface area contributed by atoms with Gasteiger partial charge in [-0.3, -0.25) is 0 Å². The zero-order valence-electron chi connectivity index (χ0n) is 11.0. The van der Waals surface area contributed by atoms with E-state index in [1.807, 2.05) is 6.07 Å². The highest BCUT2D eigenvalue weighted by atomic mass is 79.9. The van der Waals surface area contributed by atoms with Gasteiger partial charge in [0.2, 0.25) is 0 Å². The Morgan fingerprint density at radius 2 is 1.56 bits per heavy atom. The van der Waals surface area contributed by atoms with Crippen LogP contribution >= 0.6 is 15.9 Å². The number of alkyl halides is 1. The summed E-state index contributed by atoms with van der Waals surface area (Å²) in [4.78, 5) is 0. The quantitative estimate of drug-likeness (QED) is 0.699. The summed E-state index contributed by atoms with van der Waals surface area (Å²) in [6.07, 6.45) is 0. The summed E-state index contributed by atoms with van der Waals surface area (Å²) in [6, 6.07) is 12.4. The summed E-state index contributed by atoms with van der Waals surface area (Å²) in [6.45, 7) is 6.27. The van der Waals surface area contributed by atoms with Crippen LogP contribution in [-0.4, -0.2) is 0 Å². The molecule has 0 saturated heterocycles. The second kappa shape index (κ2) is 5.57. The summed E-state index contributed by atoms with van der Waals surface area (Å²) in [5.41, 5.74) is 4.98. The Bertz CT molecular complexity index is 541. The van der Waals surface area contributed by atoms with Crippen LogP contribution in [0.15, 0.2) is 36.4 Å². The van der Waals surface area contributed by atoms with Crippen molar-refractivity contribution >= 4 is 15.9 Å². The van der Waals surface area contributed by atoms with E-state index in [-0.39, 0.29) is 0 Å². The molecule has 0 N–H and O–H groups in total. The van der Waals surface area contributed by atoms with Crippen LogP contribution in [0.3, 0.4) is 0 Å². The van der Waals surface area contributed by atoms with E-state index < -0.39 is 0 Å². The molecule has 0 bridgehead atoms. The third-order valence-electron chi connectivity index (χ3n) is 2.89. The van der Waals surface area contributed by atoms with Crippen LogP contribution < -0.4 is 4.74 Å². The van der Waals surface area contributed by atoms with Crippen molar-refractivity contribution in [2.75, 3.05) is 0 Å². The number of aryl methyl sites for hydroxylation is 3. The smallest absolute Gasteiger partial charge is 0.127 e. The molecule has 0 saturated carbocycles. The minimum atomic E-state index is 0.878. The second-order valence-electron chi connectivity index (χ2n) is 4.65. The number of hydrogen-bond acceptors (Lipinski definition) is 1. The molecule has 0 heterocycles. The average molecular weight is 305 g/mol. The summed E-state index contributed by atoms with van der Waals surface area (Å²) in [7, 11) is 0. The van der Waals surface area contributed by atoms with E-state index >= 15 is 0 Å². The molecule has 0 aliphatic carbocycles. The van der Waals surface area contributed by atoms with Crippen LogP contribution in [0.5, 0.6) is 11.5 Å². The molecule has 18 heavy (non-hydrogen) atoms. The topological polar surface area (TPSA) is 9.23 Å². The molecular formula is C16H17BrO. The van der Waals surface area contributed by atoms with Gasteiger partial charge in [-0.2, -0.15) is 0 Å². The summed E-state index contributed by atoms with van der Waals surface area (Å²) in [5.74, 6) is 1.79. The fourth-order valence-corrected chi connectivity index (χ4v) is 2.64. The van der Waals surface area contributed by atoms with Crippen LogP contribution in [0, 0.1) is 20.8 Å². The molecule has 2 aromatic rings. The first-order valence-corrected chi connectivity index (χ1v) is 7.12. The van der Waals surface area contributed by atoms with Gasteiger partial charge in [0.15, 0.2) is 0 Å². The number of ether oxygens (including phenoxy) is 1. The van der Waals surface area contributed by atoms with Crippen LogP contribution in [0.25, 0.3) is 0 Å². The van der Waals surface area contributed by atoms with Crippen LogP contribution in [-0.2, 0) is 5.33 Å². The van der Waals surface area contributed by atoms with Crippen molar-refractivity contribution in [3.05, 3.63) is 58.7 Å². The Kier molecular flexibility index (Phi) is 4.07. The van der Waals surface area contributed by atoms with Crippen molar-refractivity contribution in [3.63, 3.8) is 0 Å². The Morgan fingerprint density at radius 1 is 0.889 bits per heavy atom. The number of halogens is 1. The molecule has 0 atom stereocenters. The molecule has 0 fully saturated rings. The van der Waals surface area contributed by atoms with Crippen molar-refractivity contribution in [1.82, 2.24) is 0 Å². The monoisotopic (exact) mass is 304 g/mol. The number of benzene rings is 2. The normalized spacial score (nSPS) is 10.4. The van der Waals surface area contributed by atoms with E-state index in [1.54, 1.807) is 0 Å². The van der Waals surface area contributed by atoms with E-state index in [0.29, 0.717) is 0 Å². The third kappa shape index (κ3) is 3.14. The van der Waals surface area contributed by atoms with Gasteiger partial charge in [-0.1, -0.05) is 28.1 Å².